The minimum atomic E-state index is -0.571. The van der Waals surface area contributed by atoms with Gasteiger partial charge in [0.05, 0.1) is 18.4 Å². The summed E-state index contributed by atoms with van der Waals surface area (Å²) < 4.78 is 4.72. The van der Waals surface area contributed by atoms with Crippen LogP contribution in [0.25, 0.3) is 17.2 Å². The van der Waals surface area contributed by atoms with Crippen molar-refractivity contribution in [3.8, 4) is 11.1 Å². The summed E-state index contributed by atoms with van der Waals surface area (Å²) in [6.07, 6.45) is 3.12. The van der Waals surface area contributed by atoms with Gasteiger partial charge in [-0.25, -0.2) is 4.79 Å². The molecule has 0 aliphatic carbocycles. The van der Waals surface area contributed by atoms with Crippen molar-refractivity contribution in [1.29, 1.82) is 0 Å². The van der Waals surface area contributed by atoms with Crippen LogP contribution in [0.5, 0.6) is 0 Å². The Balaban J connectivity index is 1.70. The van der Waals surface area contributed by atoms with Crippen LogP contribution in [0, 0.1) is 0 Å². The molecular weight excluding hydrogens is 374 g/mol. The Bertz CT molecular complexity index is 1010. The lowest BCUT2D eigenvalue weighted by Crippen LogP contribution is -2.13. The lowest BCUT2D eigenvalue weighted by atomic mass is 10.0. The highest BCUT2D eigenvalue weighted by molar-refractivity contribution is 6.31. The quantitative estimate of drug-likeness (QED) is 0.465. The summed E-state index contributed by atoms with van der Waals surface area (Å²) in [4.78, 5) is 24.1. The first-order valence-corrected chi connectivity index (χ1v) is 8.97. The van der Waals surface area contributed by atoms with Crippen molar-refractivity contribution < 1.29 is 14.3 Å². The lowest BCUT2D eigenvalue weighted by molar-refractivity contribution is -0.111. The maximum atomic E-state index is 12.2. The van der Waals surface area contributed by atoms with Gasteiger partial charge in [-0.2, -0.15) is 0 Å². The van der Waals surface area contributed by atoms with Gasteiger partial charge in [0.15, 0.2) is 0 Å². The van der Waals surface area contributed by atoms with Crippen LogP contribution < -0.4 is 5.32 Å². The number of rotatable bonds is 5. The molecule has 0 aliphatic rings. The Morgan fingerprint density at radius 3 is 2.29 bits per heavy atom. The molecule has 28 heavy (non-hydrogen) atoms. The third kappa shape index (κ3) is 4.87. The fourth-order valence-corrected chi connectivity index (χ4v) is 2.84. The number of nitrogens with one attached hydrogen (secondary N) is 1. The molecular formula is C23H18ClNO3. The van der Waals surface area contributed by atoms with Gasteiger partial charge < -0.3 is 10.1 Å². The van der Waals surface area contributed by atoms with Gasteiger partial charge in [-0.3, -0.25) is 4.79 Å². The van der Waals surface area contributed by atoms with E-state index < -0.39 is 5.97 Å². The van der Waals surface area contributed by atoms with Crippen LogP contribution in [0.3, 0.4) is 0 Å². The van der Waals surface area contributed by atoms with Crippen molar-refractivity contribution in [3.05, 3.63) is 95.0 Å². The zero-order valence-corrected chi connectivity index (χ0v) is 15.9. The maximum absolute atomic E-state index is 12.2. The zero-order valence-electron chi connectivity index (χ0n) is 15.2. The molecule has 0 aliphatic heterocycles. The summed E-state index contributed by atoms with van der Waals surface area (Å²) in [6, 6.07) is 22.5. The number of methoxy groups -OCH3 is 1. The fraction of sp³-hybridized carbons (Fsp3) is 0.0435. The number of halogens is 1. The van der Waals surface area contributed by atoms with Gasteiger partial charge in [0.1, 0.15) is 0 Å². The number of hydrogen-bond donors (Lipinski definition) is 1. The van der Waals surface area contributed by atoms with E-state index in [1.54, 1.807) is 18.2 Å². The van der Waals surface area contributed by atoms with E-state index in [0.717, 1.165) is 16.7 Å². The first kappa shape index (κ1) is 19.4. The Kier molecular flexibility index (Phi) is 6.25. The van der Waals surface area contributed by atoms with Gasteiger partial charge in [0.2, 0.25) is 5.91 Å². The molecule has 140 valence electrons. The molecule has 0 spiro atoms. The fourth-order valence-electron chi connectivity index (χ4n) is 2.67. The van der Waals surface area contributed by atoms with Crippen LogP contribution >= 0.6 is 11.6 Å². The van der Waals surface area contributed by atoms with Gasteiger partial charge in [-0.05, 0) is 41.0 Å². The molecule has 0 fully saturated rings. The first-order valence-electron chi connectivity index (χ1n) is 8.59. The standard InChI is InChI=1S/C23H18ClNO3/c1-28-23(27)20-15-19(24)12-13-21(20)25-22(26)14-9-16-7-10-18(11-8-16)17-5-3-2-4-6-17/h2-15H,1H3,(H,25,26). The average Bonchev–Trinajstić information content (AvgIpc) is 2.74. The van der Waals surface area contributed by atoms with Crippen molar-refractivity contribution in [3.63, 3.8) is 0 Å². The molecule has 0 aromatic heterocycles. The summed E-state index contributed by atoms with van der Waals surface area (Å²) in [5.74, 6) is -0.933. The van der Waals surface area contributed by atoms with Gasteiger partial charge in [0, 0.05) is 11.1 Å². The summed E-state index contributed by atoms with van der Waals surface area (Å²) >= 11 is 5.92. The normalized spacial score (nSPS) is 10.6. The van der Waals surface area contributed by atoms with E-state index in [0.29, 0.717) is 10.7 Å². The van der Waals surface area contributed by atoms with Crippen molar-refractivity contribution in [2.24, 2.45) is 0 Å². The first-order chi connectivity index (χ1) is 13.6. The highest BCUT2D eigenvalue weighted by Gasteiger charge is 2.13. The van der Waals surface area contributed by atoms with Crippen molar-refractivity contribution >= 4 is 35.2 Å². The second kappa shape index (κ2) is 9.02. The van der Waals surface area contributed by atoms with E-state index in [2.05, 4.69) is 5.32 Å². The average molecular weight is 392 g/mol. The van der Waals surface area contributed by atoms with E-state index in [4.69, 9.17) is 16.3 Å². The third-order valence-electron chi connectivity index (χ3n) is 4.09. The largest absolute Gasteiger partial charge is 0.465 e. The van der Waals surface area contributed by atoms with Gasteiger partial charge in [-0.1, -0.05) is 66.2 Å². The number of carbonyl (C=O) groups excluding carboxylic acids is 2. The Morgan fingerprint density at radius 1 is 0.929 bits per heavy atom. The van der Waals surface area contributed by atoms with E-state index >= 15 is 0 Å². The Hall–Kier alpha value is -3.37. The summed E-state index contributed by atoms with van der Waals surface area (Å²) in [6.45, 7) is 0. The number of esters is 1. The van der Waals surface area contributed by atoms with Gasteiger partial charge in [-0.15, -0.1) is 0 Å². The number of anilines is 1. The predicted molar refractivity (Wildman–Crippen MR) is 112 cm³/mol. The highest BCUT2D eigenvalue weighted by atomic mass is 35.5. The minimum absolute atomic E-state index is 0.198. The van der Waals surface area contributed by atoms with Crippen LogP contribution in [-0.2, 0) is 9.53 Å². The molecule has 3 rings (SSSR count). The number of benzene rings is 3. The smallest absolute Gasteiger partial charge is 0.340 e. The van der Waals surface area contributed by atoms with Crippen molar-refractivity contribution in [2.75, 3.05) is 12.4 Å². The van der Waals surface area contributed by atoms with Crippen LogP contribution in [0.1, 0.15) is 15.9 Å². The SMILES string of the molecule is COC(=O)c1cc(Cl)ccc1NC(=O)C=Cc1ccc(-c2ccccc2)cc1. The number of ether oxygens (including phenoxy) is 1. The molecule has 0 bridgehead atoms. The Labute approximate surface area is 168 Å². The van der Waals surface area contributed by atoms with E-state index in [1.807, 2.05) is 54.6 Å². The summed E-state index contributed by atoms with van der Waals surface area (Å²) in [7, 11) is 1.27. The number of carbonyl (C=O) groups is 2. The second-order valence-electron chi connectivity index (χ2n) is 5.99. The highest BCUT2D eigenvalue weighted by Crippen LogP contribution is 2.22. The summed E-state index contributed by atoms with van der Waals surface area (Å²) in [5, 5.41) is 3.06. The number of amides is 1. The van der Waals surface area contributed by atoms with Gasteiger partial charge >= 0.3 is 5.97 Å². The van der Waals surface area contributed by atoms with E-state index in [9.17, 15) is 9.59 Å². The monoisotopic (exact) mass is 391 g/mol. The topological polar surface area (TPSA) is 55.4 Å². The molecule has 1 amide bonds. The van der Waals surface area contributed by atoms with E-state index in [1.165, 1.54) is 19.3 Å². The summed E-state index contributed by atoms with van der Waals surface area (Å²) in [5.41, 5.74) is 3.66. The van der Waals surface area contributed by atoms with E-state index in [-0.39, 0.29) is 11.5 Å². The molecule has 4 nitrogen and oxygen atoms in total. The number of hydrogen-bond acceptors (Lipinski definition) is 3. The molecule has 5 heteroatoms. The molecule has 0 unspecified atom stereocenters. The van der Waals surface area contributed by atoms with Crippen LogP contribution in [0.15, 0.2) is 78.9 Å². The van der Waals surface area contributed by atoms with Crippen LogP contribution in [-0.4, -0.2) is 19.0 Å². The molecule has 0 saturated carbocycles. The van der Waals surface area contributed by atoms with Crippen molar-refractivity contribution in [2.45, 2.75) is 0 Å². The molecule has 0 saturated heterocycles. The molecule has 0 atom stereocenters. The predicted octanol–water partition coefficient (Wildman–Crippen LogP) is 5.45. The molecule has 3 aromatic rings. The van der Waals surface area contributed by atoms with Gasteiger partial charge in [0.25, 0.3) is 0 Å². The molecule has 3 aromatic carbocycles. The Morgan fingerprint density at radius 2 is 1.61 bits per heavy atom. The van der Waals surface area contributed by atoms with Crippen LogP contribution in [0.4, 0.5) is 5.69 Å². The molecule has 1 N–H and O–H groups in total. The third-order valence-corrected chi connectivity index (χ3v) is 4.32. The lowest BCUT2D eigenvalue weighted by Gasteiger charge is -2.08. The van der Waals surface area contributed by atoms with Crippen molar-refractivity contribution in [1.82, 2.24) is 0 Å². The molecule has 0 heterocycles. The zero-order chi connectivity index (χ0) is 19.9. The maximum Gasteiger partial charge on any atom is 0.340 e. The van der Waals surface area contributed by atoms with Crippen LogP contribution in [0.2, 0.25) is 5.02 Å². The second-order valence-corrected chi connectivity index (χ2v) is 6.43. The minimum Gasteiger partial charge on any atom is -0.465 e. The molecule has 0 radical (unpaired) electrons.